The van der Waals surface area contributed by atoms with Crippen molar-refractivity contribution in [3.05, 3.63) is 28.8 Å². The summed E-state index contributed by atoms with van der Waals surface area (Å²) in [6.45, 7) is 5.41. The highest BCUT2D eigenvalue weighted by molar-refractivity contribution is 5.48. The highest BCUT2D eigenvalue weighted by Gasteiger charge is 2.42. The Morgan fingerprint density at radius 1 is 0.958 bits per heavy atom. The molecule has 0 saturated carbocycles. The molecule has 0 atom stereocenters. The highest BCUT2D eigenvalue weighted by Crippen LogP contribution is 2.43. The van der Waals surface area contributed by atoms with Gasteiger partial charge in [0, 0.05) is 0 Å². The van der Waals surface area contributed by atoms with Crippen LogP contribution in [-0.2, 0) is 18.0 Å². The second kappa shape index (κ2) is 7.21. The summed E-state index contributed by atoms with van der Waals surface area (Å²) in [7, 11) is 0. The standard InChI is InChI=1S/C16H21F6NO/c1-14(2,3)11-8-10(6-4-5-7-23)13(15(17,18)19)12(9-11)24-16(20,21)22/h8-9H,4-7,23H2,1-3H3. The SMILES string of the molecule is CC(C)(C)c1cc(CCCCN)c(C(F)(F)F)c(OC(F)(F)F)c1. The number of benzene rings is 1. The average Bonchev–Trinajstić information content (AvgIpc) is 2.33. The molecular formula is C16H21F6NO. The van der Waals surface area contributed by atoms with Crippen molar-refractivity contribution in [3.63, 3.8) is 0 Å². The van der Waals surface area contributed by atoms with Crippen molar-refractivity contribution in [1.82, 2.24) is 0 Å². The van der Waals surface area contributed by atoms with E-state index in [1.165, 1.54) is 6.07 Å². The number of hydrogen-bond donors (Lipinski definition) is 1. The van der Waals surface area contributed by atoms with Gasteiger partial charge in [-0.05, 0) is 48.4 Å². The van der Waals surface area contributed by atoms with E-state index in [4.69, 9.17) is 5.73 Å². The smallest absolute Gasteiger partial charge is 0.405 e. The molecule has 0 heterocycles. The molecule has 1 aromatic carbocycles. The second-order valence-electron chi connectivity index (χ2n) is 6.55. The topological polar surface area (TPSA) is 35.2 Å². The summed E-state index contributed by atoms with van der Waals surface area (Å²) < 4.78 is 81.5. The van der Waals surface area contributed by atoms with Crippen molar-refractivity contribution in [2.75, 3.05) is 6.54 Å². The number of nitrogens with two attached hydrogens (primary N) is 1. The number of unbranched alkanes of at least 4 members (excludes halogenated alkanes) is 1. The lowest BCUT2D eigenvalue weighted by molar-refractivity contribution is -0.276. The van der Waals surface area contributed by atoms with E-state index in [1.54, 1.807) is 20.8 Å². The number of ether oxygens (including phenoxy) is 1. The molecule has 24 heavy (non-hydrogen) atoms. The van der Waals surface area contributed by atoms with Gasteiger partial charge in [0.2, 0.25) is 0 Å². The van der Waals surface area contributed by atoms with Gasteiger partial charge in [-0.2, -0.15) is 13.2 Å². The Balaban J connectivity index is 3.53. The van der Waals surface area contributed by atoms with Crippen LogP contribution >= 0.6 is 0 Å². The van der Waals surface area contributed by atoms with Gasteiger partial charge in [0.25, 0.3) is 0 Å². The summed E-state index contributed by atoms with van der Waals surface area (Å²) in [6, 6.07) is 2.13. The molecule has 0 unspecified atom stereocenters. The number of rotatable bonds is 5. The molecule has 8 heteroatoms. The van der Waals surface area contributed by atoms with Gasteiger partial charge in [-0.1, -0.05) is 26.8 Å². The zero-order chi connectivity index (χ0) is 18.8. The van der Waals surface area contributed by atoms with Gasteiger partial charge < -0.3 is 10.5 Å². The highest BCUT2D eigenvalue weighted by atomic mass is 19.4. The fraction of sp³-hybridized carbons (Fsp3) is 0.625. The third-order valence-electron chi connectivity index (χ3n) is 3.46. The van der Waals surface area contributed by atoms with Crippen molar-refractivity contribution in [2.45, 2.75) is 58.0 Å². The Hall–Kier alpha value is -1.44. The van der Waals surface area contributed by atoms with E-state index in [0.29, 0.717) is 24.9 Å². The van der Waals surface area contributed by atoms with E-state index in [1.807, 2.05) is 0 Å². The molecule has 0 aliphatic rings. The Bertz CT molecular complexity index is 557. The molecule has 0 radical (unpaired) electrons. The van der Waals surface area contributed by atoms with Crippen LogP contribution in [0.3, 0.4) is 0 Å². The average molecular weight is 357 g/mol. The molecule has 0 aliphatic heterocycles. The minimum absolute atomic E-state index is 0.0236. The Morgan fingerprint density at radius 2 is 1.54 bits per heavy atom. The summed E-state index contributed by atoms with van der Waals surface area (Å²) in [5.41, 5.74) is 3.47. The first kappa shape index (κ1) is 20.6. The van der Waals surface area contributed by atoms with Gasteiger partial charge in [0.05, 0.1) is 0 Å². The first-order valence-corrected chi connectivity index (χ1v) is 7.46. The van der Waals surface area contributed by atoms with Crippen LogP contribution in [0.2, 0.25) is 0 Å². The predicted octanol–water partition coefficient (Wildman–Crippen LogP) is 5.18. The molecule has 0 saturated heterocycles. The van der Waals surface area contributed by atoms with E-state index >= 15 is 0 Å². The first-order chi connectivity index (χ1) is 10.8. The van der Waals surface area contributed by atoms with Crippen molar-refractivity contribution in [2.24, 2.45) is 5.73 Å². The van der Waals surface area contributed by atoms with Gasteiger partial charge in [0.1, 0.15) is 11.3 Å². The van der Waals surface area contributed by atoms with Crippen molar-refractivity contribution in [1.29, 1.82) is 0 Å². The van der Waals surface area contributed by atoms with Crippen LogP contribution in [0.1, 0.15) is 50.3 Å². The molecule has 0 aliphatic carbocycles. The maximum absolute atomic E-state index is 13.3. The van der Waals surface area contributed by atoms with Crippen molar-refractivity contribution in [3.8, 4) is 5.75 Å². The van der Waals surface area contributed by atoms with Crippen LogP contribution in [0, 0.1) is 0 Å². The number of halogens is 6. The first-order valence-electron chi connectivity index (χ1n) is 7.46. The van der Waals surface area contributed by atoms with Crippen LogP contribution in [0.5, 0.6) is 5.75 Å². The summed E-state index contributed by atoms with van der Waals surface area (Å²) in [5, 5.41) is 0. The normalized spacial score (nSPS) is 13.2. The second-order valence-corrected chi connectivity index (χ2v) is 6.55. The molecule has 0 bridgehead atoms. The van der Waals surface area contributed by atoms with Gasteiger partial charge in [-0.3, -0.25) is 0 Å². The monoisotopic (exact) mass is 357 g/mol. The molecule has 138 valence electrons. The third-order valence-corrected chi connectivity index (χ3v) is 3.46. The fourth-order valence-electron chi connectivity index (χ4n) is 2.29. The van der Waals surface area contributed by atoms with Gasteiger partial charge in [-0.25, -0.2) is 0 Å². The fourth-order valence-corrected chi connectivity index (χ4v) is 2.29. The molecule has 1 aromatic rings. The summed E-state index contributed by atoms with van der Waals surface area (Å²) in [4.78, 5) is 0. The maximum Gasteiger partial charge on any atom is 0.573 e. The number of alkyl halides is 6. The number of hydrogen-bond acceptors (Lipinski definition) is 2. The van der Waals surface area contributed by atoms with E-state index in [0.717, 1.165) is 6.07 Å². The Kier molecular flexibility index (Phi) is 6.19. The molecule has 2 N–H and O–H groups in total. The lowest BCUT2D eigenvalue weighted by atomic mass is 9.84. The molecular weight excluding hydrogens is 336 g/mol. The van der Waals surface area contributed by atoms with E-state index in [-0.39, 0.29) is 12.0 Å². The summed E-state index contributed by atoms with van der Waals surface area (Å²) in [6.07, 6.45) is -9.35. The van der Waals surface area contributed by atoms with Gasteiger partial charge in [0.15, 0.2) is 0 Å². The lowest BCUT2D eigenvalue weighted by Crippen LogP contribution is -2.23. The van der Waals surface area contributed by atoms with Crippen LogP contribution < -0.4 is 10.5 Å². The number of aryl methyl sites for hydroxylation is 1. The predicted molar refractivity (Wildman–Crippen MR) is 78.8 cm³/mol. The van der Waals surface area contributed by atoms with E-state index in [2.05, 4.69) is 4.74 Å². The zero-order valence-corrected chi connectivity index (χ0v) is 13.7. The lowest BCUT2D eigenvalue weighted by Gasteiger charge is -2.25. The van der Waals surface area contributed by atoms with Gasteiger partial charge >= 0.3 is 12.5 Å². The summed E-state index contributed by atoms with van der Waals surface area (Å²) in [5.74, 6) is -1.20. The van der Waals surface area contributed by atoms with E-state index < -0.39 is 29.3 Å². The molecule has 1 rings (SSSR count). The third kappa shape index (κ3) is 5.89. The van der Waals surface area contributed by atoms with E-state index in [9.17, 15) is 26.3 Å². The maximum atomic E-state index is 13.3. The molecule has 0 amide bonds. The Labute approximate surface area is 137 Å². The molecule has 0 fully saturated rings. The molecule has 0 aromatic heterocycles. The van der Waals surface area contributed by atoms with Crippen molar-refractivity contribution < 1.29 is 31.1 Å². The molecule has 0 spiro atoms. The minimum Gasteiger partial charge on any atom is -0.405 e. The Morgan fingerprint density at radius 3 is 1.96 bits per heavy atom. The minimum atomic E-state index is -5.20. The van der Waals surface area contributed by atoms with Gasteiger partial charge in [-0.15, -0.1) is 13.2 Å². The largest absolute Gasteiger partial charge is 0.573 e. The molecule has 2 nitrogen and oxygen atoms in total. The zero-order valence-electron chi connectivity index (χ0n) is 13.7. The van der Waals surface area contributed by atoms with Crippen molar-refractivity contribution >= 4 is 0 Å². The summed E-state index contributed by atoms with van der Waals surface area (Å²) >= 11 is 0. The van der Waals surface area contributed by atoms with Crippen LogP contribution in [0.25, 0.3) is 0 Å². The quantitative estimate of drug-likeness (QED) is 0.582. The van der Waals surface area contributed by atoms with Crippen LogP contribution in [0.15, 0.2) is 12.1 Å². The van der Waals surface area contributed by atoms with Crippen LogP contribution in [-0.4, -0.2) is 12.9 Å². The van der Waals surface area contributed by atoms with Crippen LogP contribution in [0.4, 0.5) is 26.3 Å².